The Balaban J connectivity index is 2.03. The molecule has 10 nitrogen and oxygen atoms in total. The number of sulfonamides is 1. The molecule has 0 radical (unpaired) electrons. The number of carbonyl (C=O) groups excluding carboxylic acids is 2. The molecule has 41 heavy (non-hydrogen) atoms. The Kier molecular flexibility index (Phi) is 10.8. The van der Waals surface area contributed by atoms with Crippen molar-refractivity contribution >= 4 is 38.3 Å². The lowest BCUT2D eigenvalue weighted by atomic mass is 9.84. The van der Waals surface area contributed by atoms with Crippen LogP contribution in [-0.2, 0) is 19.6 Å². The molecule has 0 aliphatic heterocycles. The van der Waals surface area contributed by atoms with E-state index < -0.39 is 39.2 Å². The molecule has 2 aromatic carbocycles. The van der Waals surface area contributed by atoms with E-state index in [0.29, 0.717) is 11.8 Å². The highest BCUT2D eigenvalue weighted by Gasteiger charge is 2.39. The molecule has 1 aliphatic carbocycles. The van der Waals surface area contributed by atoms with Crippen LogP contribution in [0.4, 0.5) is 5.69 Å². The highest BCUT2D eigenvalue weighted by molar-refractivity contribution is 7.89. The Labute approximate surface area is 244 Å². The standard InChI is InChI=1S/C30H46N4O6S/c1-30(2,3)27(19-35)34(29(37)22(18-28(36)31-38)17-21-11-7-8-12-21)20-33(6)41(39,40)26-16-10-13-23-24(26)14-9-15-25(23)32(4)5/h9-10,13-16,21-22,27,35,38H,7-8,11-12,17-20H2,1-6H3,(H,31,36)/t22-,27-/m1/s1. The first-order valence-electron chi connectivity index (χ1n) is 14.2. The molecule has 228 valence electrons. The maximum Gasteiger partial charge on any atom is 0.244 e. The van der Waals surface area contributed by atoms with Gasteiger partial charge in [0.25, 0.3) is 0 Å². The number of aliphatic hydroxyl groups is 1. The van der Waals surface area contributed by atoms with Crippen molar-refractivity contribution in [2.75, 3.05) is 39.3 Å². The highest BCUT2D eigenvalue weighted by Crippen LogP contribution is 2.35. The summed E-state index contributed by atoms with van der Waals surface area (Å²) in [5.41, 5.74) is 1.92. The summed E-state index contributed by atoms with van der Waals surface area (Å²) in [4.78, 5) is 29.9. The van der Waals surface area contributed by atoms with E-state index in [2.05, 4.69) is 0 Å². The first-order valence-corrected chi connectivity index (χ1v) is 15.7. The molecular weight excluding hydrogens is 544 g/mol. The maximum atomic E-state index is 14.2. The van der Waals surface area contributed by atoms with E-state index in [-0.39, 0.29) is 30.5 Å². The molecule has 0 unspecified atom stereocenters. The molecule has 1 fully saturated rings. The zero-order valence-electron chi connectivity index (χ0n) is 25.1. The van der Waals surface area contributed by atoms with Gasteiger partial charge in [0.05, 0.1) is 24.2 Å². The van der Waals surface area contributed by atoms with E-state index in [0.717, 1.165) is 41.1 Å². The third-order valence-corrected chi connectivity index (χ3v) is 10.1. The topological polar surface area (TPSA) is 130 Å². The molecule has 2 atom stereocenters. The van der Waals surface area contributed by atoms with Crippen LogP contribution < -0.4 is 10.4 Å². The molecule has 0 bridgehead atoms. The maximum absolute atomic E-state index is 14.2. The fourth-order valence-electron chi connectivity index (χ4n) is 5.92. The zero-order valence-corrected chi connectivity index (χ0v) is 25.9. The molecule has 3 N–H and O–H groups in total. The number of hydroxylamine groups is 1. The van der Waals surface area contributed by atoms with Crippen LogP contribution in [-0.4, -0.2) is 80.2 Å². The van der Waals surface area contributed by atoms with E-state index in [1.807, 2.05) is 58.0 Å². The van der Waals surface area contributed by atoms with Gasteiger partial charge in [-0.15, -0.1) is 0 Å². The monoisotopic (exact) mass is 590 g/mol. The van der Waals surface area contributed by atoms with Gasteiger partial charge in [0.2, 0.25) is 21.8 Å². The molecule has 0 saturated heterocycles. The van der Waals surface area contributed by atoms with Crippen molar-refractivity contribution in [3.8, 4) is 0 Å². The van der Waals surface area contributed by atoms with E-state index in [1.54, 1.807) is 23.7 Å². The van der Waals surface area contributed by atoms with Crippen LogP contribution >= 0.6 is 0 Å². The minimum atomic E-state index is -4.08. The predicted molar refractivity (Wildman–Crippen MR) is 160 cm³/mol. The van der Waals surface area contributed by atoms with Gasteiger partial charge in [-0.05, 0) is 29.9 Å². The number of rotatable bonds is 12. The molecule has 2 aromatic rings. The lowest BCUT2D eigenvalue weighted by Crippen LogP contribution is -2.55. The van der Waals surface area contributed by atoms with Crippen molar-refractivity contribution in [2.24, 2.45) is 17.3 Å². The zero-order chi connectivity index (χ0) is 30.5. The van der Waals surface area contributed by atoms with Gasteiger partial charge in [0.1, 0.15) is 0 Å². The molecule has 11 heteroatoms. The summed E-state index contributed by atoms with van der Waals surface area (Å²) in [5, 5.41) is 21.0. The van der Waals surface area contributed by atoms with Gasteiger partial charge in [-0.1, -0.05) is 70.7 Å². The van der Waals surface area contributed by atoms with Gasteiger partial charge in [0.15, 0.2) is 0 Å². The van der Waals surface area contributed by atoms with Gasteiger partial charge in [-0.2, -0.15) is 4.31 Å². The van der Waals surface area contributed by atoms with Gasteiger partial charge in [-0.3, -0.25) is 14.8 Å². The number of carbonyl (C=O) groups is 2. The average molecular weight is 591 g/mol. The lowest BCUT2D eigenvalue weighted by molar-refractivity contribution is -0.147. The number of benzene rings is 2. The highest BCUT2D eigenvalue weighted by atomic mass is 32.2. The van der Waals surface area contributed by atoms with Gasteiger partial charge in [-0.25, -0.2) is 13.9 Å². The number of nitrogens with zero attached hydrogens (tertiary/aromatic N) is 3. The van der Waals surface area contributed by atoms with Crippen LogP contribution in [0.5, 0.6) is 0 Å². The van der Waals surface area contributed by atoms with Crippen LogP contribution in [0.3, 0.4) is 0 Å². The van der Waals surface area contributed by atoms with Crippen LogP contribution in [0.1, 0.15) is 59.3 Å². The minimum Gasteiger partial charge on any atom is -0.394 e. The fraction of sp³-hybridized carbons (Fsp3) is 0.600. The number of anilines is 1. The Hall–Kier alpha value is -2.73. The van der Waals surface area contributed by atoms with Crippen LogP contribution in [0.25, 0.3) is 10.8 Å². The Bertz CT molecular complexity index is 1320. The molecule has 0 heterocycles. The summed E-state index contributed by atoms with van der Waals surface area (Å²) in [6.45, 7) is 4.94. The normalized spacial score (nSPS) is 16.1. The number of aliphatic hydroxyl groups excluding tert-OH is 1. The summed E-state index contributed by atoms with van der Waals surface area (Å²) in [5.74, 6) is -1.59. The molecule has 0 spiro atoms. The number of fused-ring (bicyclic) bond motifs is 1. The van der Waals surface area contributed by atoms with Crippen molar-refractivity contribution in [2.45, 2.75) is 70.2 Å². The van der Waals surface area contributed by atoms with Crippen molar-refractivity contribution < 1.29 is 28.3 Å². The van der Waals surface area contributed by atoms with E-state index in [1.165, 1.54) is 11.9 Å². The smallest absolute Gasteiger partial charge is 0.244 e. The Morgan fingerprint density at radius 2 is 1.63 bits per heavy atom. The van der Waals surface area contributed by atoms with Crippen molar-refractivity contribution in [1.82, 2.24) is 14.7 Å². The quantitative estimate of drug-likeness (QED) is 0.195. The second kappa shape index (κ2) is 13.5. The van der Waals surface area contributed by atoms with Crippen molar-refractivity contribution in [1.29, 1.82) is 0 Å². The van der Waals surface area contributed by atoms with Gasteiger partial charge < -0.3 is 14.9 Å². The first-order chi connectivity index (χ1) is 19.2. The van der Waals surface area contributed by atoms with E-state index >= 15 is 0 Å². The van der Waals surface area contributed by atoms with Crippen LogP contribution in [0, 0.1) is 17.3 Å². The molecular formula is C30H46N4O6S. The minimum absolute atomic E-state index is 0.118. The summed E-state index contributed by atoms with van der Waals surface area (Å²) in [6.07, 6.45) is 4.26. The number of amides is 2. The first kappa shape index (κ1) is 32.8. The molecule has 2 amide bonds. The molecule has 1 saturated carbocycles. The fourth-order valence-corrected chi connectivity index (χ4v) is 7.24. The molecule has 1 aliphatic rings. The third-order valence-electron chi connectivity index (χ3n) is 8.21. The van der Waals surface area contributed by atoms with E-state index in [4.69, 9.17) is 0 Å². The Morgan fingerprint density at radius 3 is 2.20 bits per heavy atom. The van der Waals surface area contributed by atoms with Crippen LogP contribution in [0.2, 0.25) is 0 Å². The third kappa shape index (κ3) is 7.57. The van der Waals surface area contributed by atoms with E-state index in [9.17, 15) is 28.3 Å². The summed E-state index contributed by atoms with van der Waals surface area (Å²) in [6, 6.07) is 9.92. The van der Waals surface area contributed by atoms with Crippen molar-refractivity contribution in [3.63, 3.8) is 0 Å². The second-order valence-corrected chi connectivity index (χ2v) is 14.5. The lowest BCUT2D eigenvalue weighted by Gasteiger charge is -2.42. The summed E-state index contributed by atoms with van der Waals surface area (Å²) < 4.78 is 29.2. The van der Waals surface area contributed by atoms with Gasteiger partial charge >= 0.3 is 0 Å². The number of nitrogens with one attached hydrogen (secondary N) is 1. The van der Waals surface area contributed by atoms with Gasteiger partial charge in [0, 0.05) is 49.9 Å². The largest absolute Gasteiger partial charge is 0.394 e. The average Bonchev–Trinajstić information content (AvgIpc) is 3.43. The Morgan fingerprint density at radius 1 is 1.02 bits per heavy atom. The summed E-state index contributed by atoms with van der Waals surface area (Å²) >= 11 is 0. The second-order valence-electron chi connectivity index (χ2n) is 12.5. The SMILES string of the molecule is CN(C)c1cccc2c(S(=O)(=O)N(C)CN(C(=O)[C@@H](CC(=O)NO)CC3CCCC3)[C@H](CO)C(C)(C)C)cccc12. The predicted octanol–water partition coefficient (Wildman–Crippen LogP) is 3.81. The van der Waals surface area contributed by atoms with Crippen LogP contribution in [0.15, 0.2) is 41.3 Å². The van der Waals surface area contributed by atoms with Crippen molar-refractivity contribution in [3.05, 3.63) is 36.4 Å². The molecule has 3 rings (SSSR count). The summed E-state index contributed by atoms with van der Waals surface area (Å²) in [7, 11) is 1.13. The molecule has 0 aromatic heterocycles. The number of hydrogen-bond acceptors (Lipinski definition) is 7. The number of hydrogen-bond donors (Lipinski definition) is 3.